The van der Waals surface area contributed by atoms with E-state index in [0.717, 1.165) is 12.8 Å². The van der Waals surface area contributed by atoms with Crippen molar-refractivity contribution >= 4 is 63.3 Å². The molecule has 0 aromatic heterocycles. The average Bonchev–Trinajstić information content (AvgIpc) is 3.65. The Kier molecular flexibility index (Phi) is 5.57. The van der Waals surface area contributed by atoms with Crippen LogP contribution in [0.3, 0.4) is 0 Å². The minimum atomic E-state index is 0.0308. The lowest BCUT2D eigenvalue weighted by Gasteiger charge is -2.50. The molecule has 2 aliphatic carbocycles. The monoisotopic (exact) mass is 625 g/mol. The van der Waals surface area contributed by atoms with Gasteiger partial charge >= 0.3 is 0 Å². The Hall–Kier alpha value is -5.01. The van der Waals surface area contributed by atoms with Crippen molar-refractivity contribution < 1.29 is 0 Å². The van der Waals surface area contributed by atoms with Crippen molar-refractivity contribution in [2.75, 3.05) is 4.90 Å². The van der Waals surface area contributed by atoms with Crippen LogP contribution in [-0.4, -0.2) is 19.5 Å². The van der Waals surface area contributed by atoms with E-state index in [-0.39, 0.29) is 18.2 Å². The zero-order valence-electron chi connectivity index (χ0n) is 28.4. The molecule has 232 valence electrons. The molecule has 2 unspecified atom stereocenters. The predicted molar refractivity (Wildman–Crippen MR) is 212 cm³/mol. The molecule has 0 amide bonds. The summed E-state index contributed by atoms with van der Waals surface area (Å²) in [5, 5.41) is 0. The van der Waals surface area contributed by atoms with Crippen LogP contribution in [0.25, 0.3) is 33.4 Å². The van der Waals surface area contributed by atoms with Crippen LogP contribution in [0.15, 0.2) is 134 Å². The first-order chi connectivity index (χ1) is 24.0. The molecule has 2 atom stereocenters. The van der Waals surface area contributed by atoms with Crippen LogP contribution >= 0.6 is 0 Å². The summed E-state index contributed by atoms with van der Waals surface area (Å²) in [7, 11) is 0. The molecular weight excluding hydrogens is 588 g/mol. The molecule has 0 radical (unpaired) electrons. The lowest BCUT2D eigenvalue weighted by molar-refractivity contribution is 0.591. The molecule has 0 spiro atoms. The van der Waals surface area contributed by atoms with E-state index in [1.54, 1.807) is 0 Å². The molecule has 11 rings (SSSR count). The number of hydrogen-bond acceptors (Lipinski definition) is 1. The van der Waals surface area contributed by atoms with E-state index in [2.05, 4.69) is 159 Å². The molecule has 49 heavy (non-hydrogen) atoms. The van der Waals surface area contributed by atoms with Crippen LogP contribution in [-0.2, 0) is 5.41 Å². The Balaban J connectivity index is 1.22. The highest BCUT2D eigenvalue weighted by Crippen LogP contribution is 2.52. The van der Waals surface area contributed by atoms with Gasteiger partial charge in [-0.1, -0.05) is 152 Å². The largest absolute Gasteiger partial charge is 0.336 e. The summed E-state index contributed by atoms with van der Waals surface area (Å²) in [5.74, 6) is 0.359. The highest BCUT2D eigenvalue weighted by atomic mass is 15.2. The van der Waals surface area contributed by atoms with E-state index < -0.39 is 0 Å². The second kappa shape index (κ2) is 9.79. The SMILES string of the molecule is CC(C)(C)c1cc2c3c(c1)B1c4ccc(-c5ccccc5)cc4C4=CC=CC(C14)N3c1cc(C3=CC=CCC3)cc3c1B2c1ccccc1-3. The van der Waals surface area contributed by atoms with E-state index in [1.165, 1.54) is 88.8 Å². The molecule has 0 saturated carbocycles. The van der Waals surface area contributed by atoms with Gasteiger partial charge in [0.1, 0.15) is 0 Å². The fourth-order valence-corrected chi connectivity index (χ4v) is 10.2. The van der Waals surface area contributed by atoms with Gasteiger partial charge in [-0.25, -0.2) is 0 Å². The number of allylic oxidation sites excluding steroid dienone is 6. The molecule has 4 aliphatic heterocycles. The quantitative estimate of drug-likeness (QED) is 0.179. The summed E-state index contributed by atoms with van der Waals surface area (Å²) < 4.78 is 0. The zero-order chi connectivity index (χ0) is 32.6. The summed E-state index contributed by atoms with van der Waals surface area (Å²) >= 11 is 0. The van der Waals surface area contributed by atoms with Gasteiger partial charge in [0.25, 0.3) is 0 Å². The van der Waals surface area contributed by atoms with Crippen LogP contribution in [0.5, 0.6) is 0 Å². The number of benzene rings is 5. The van der Waals surface area contributed by atoms with Gasteiger partial charge in [-0.2, -0.15) is 0 Å². The van der Waals surface area contributed by atoms with Crippen molar-refractivity contribution in [3.8, 4) is 22.3 Å². The summed E-state index contributed by atoms with van der Waals surface area (Å²) in [6.07, 6.45) is 16.4. The molecule has 0 fully saturated rings. The normalized spacial score (nSPS) is 19.9. The second-order valence-electron chi connectivity index (χ2n) is 15.9. The molecule has 5 aromatic rings. The van der Waals surface area contributed by atoms with E-state index in [9.17, 15) is 0 Å². The van der Waals surface area contributed by atoms with Crippen molar-refractivity contribution in [2.24, 2.45) is 0 Å². The van der Waals surface area contributed by atoms with Crippen LogP contribution in [0.2, 0.25) is 5.82 Å². The van der Waals surface area contributed by atoms with Crippen molar-refractivity contribution in [1.82, 2.24) is 0 Å². The first-order valence-corrected chi connectivity index (χ1v) is 18.1. The van der Waals surface area contributed by atoms with E-state index in [4.69, 9.17) is 0 Å². The lowest BCUT2D eigenvalue weighted by Crippen LogP contribution is -2.65. The third-order valence-electron chi connectivity index (χ3n) is 12.3. The van der Waals surface area contributed by atoms with Gasteiger partial charge in [0, 0.05) is 11.4 Å². The Morgan fingerprint density at radius 1 is 0.673 bits per heavy atom. The molecule has 0 N–H and O–H groups in total. The van der Waals surface area contributed by atoms with Crippen molar-refractivity contribution in [3.63, 3.8) is 0 Å². The zero-order valence-corrected chi connectivity index (χ0v) is 28.4. The molecular formula is C46H37B2N. The summed E-state index contributed by atoms with van der Waals surface area (Å²) in [6, 6.07) is 38.0. The van der Waals surface area contributed by atoms with Gasteiger partial charge in [0.2, 0.25) is 13.4 Å². The van der Waals surface area contributed by atoms with Crippen molar-refractivity contribution in [2.45, 2.75) is 50.9 Å². The van der Waals surface area contributed by atoms with E-state index >= 15 is 0 Å². The van der Waals surface area contributed by atoms with Crippen LogP contribution in [0.4, 0.5) is 11.4 Å². The van der Waals surface area contributed by atoms with Crippen LogP contribution < -0.4 is 32.2 Å². The lowest BCUT2D eigenvalue weighted by atomic mass is 9.29. The molecule has 6 aliphatic rings. The van der Waals surface area contributed by atoms with Crippen LogP contribution in [0, 0.1) is 0 Å². The van der Waals surface area contributed by atoms with Gasteiger partial charge in [0.05, 0.1) is 6.04 Å². The van der Waals surface area contributed by atoms with E-state index in [1.807, 2.05) is 0 Å². The average molecular weight is 625 g/mol. The van der Waals surface area contributed by atoms with Gasteiger partial charge in [0.15, 0.2) is 0 Å². The third kappa shape index (κ3) is 3.74. The number of nitrogens with zero attached hydrogens (tertiary/aromatic N) is 1. The minimum Gasteiger partial charge on any atom is -0.336 e. The maximum absolute atomic E-state index is 2.80. The Morgan fingerprint density at radius 2 is 1.49 bits per heavy atom. The summed E-state index contributed by atoms with van der Waals surface area (Å²) in [4.78, 5) is 2.80. The first-order valence-electron chi connectivity index (χ1n) is 18.1. The molecule has 1 nitrogen and oxygen atoms in total. The molecule has 4 heterocycles. The maximum atomic E-state index is 2.80. The number of rotatable bonds is 2. The fraction of sp³-hybridized carbons (Fsp3) is 0.174. The number of hydrogen-bond donors (Lipinski definition) is 0. The van der Waals surface area contributed by atoms with Gasteiger partial charge in [-0.05, 0) is 103 Å². The van der Waals surface area contributed by atoms with Gasteiger partial charge < -0.3 is 4.90 Å². The van der Waals surface area contributed by atoms with Gasteiger partial charge in [-0.3, -0.25) is 0 Å². The molecule has 5 aromatic carbocycles. The van der Waals surface area contributed by atoms with Gasteiger partial charge in [-0.15, -0.1) is 0 Å². The van der Waals surface area contributed by atoms with Crippen molar-refractivity contribution in [1.29, 1.82) is 0 Å². The highest BCUT2D eigenvalue weighted by Gasteiger charge is 2.55. The molecule has 0 bridgehead atoms. The highest BCUT2D eigenvalue weighted by molar-refractivity contribution is 7.02. The standard InChI is InChI=1S/C46H37B2N/c1-46(2,3)32-26-39-45-40(27-32)48-38-22-21-30(28-13-6-4-7-14-28)23-35(38)34-18-12-20-41(43(34)48)49(45)42-25-31(29-15-8-5-9-16-29)24-36-33-17-10-11-19-37(33)47(39)44(36)42/h4-8,10-15,17-27,41,43H,9,16H2,1-3H3. The summed E-state index contributed by atoms with van der Waals surface area (Å²) in [5.41, 5.74) is 23.0. The molecule has 0 saturated heterocycles. The van der Waals surface area contributed by atoms with E-state index in [0.29, 0.717) is 12.5 Å². The minimum absolute atomic E-state index is 0.0308. The maximum Gasteiger partial charge on any atom is 0.248 e. The number of anilines is 2. The van der Waals surface area contributed by atoms with Crippen LogP contribution in [0.1, 0.15) is 50.3 Å². The third-order valence-corrected chi connectivity index (χ3v) is 12.3. The smallest absolute Gasteiger partial charge is 0.248 e. The Bertz CT molecular complexity index is 2400. The number of fused-ring (bicyclic) bond motifs is 10. The second-order valence-corrected chi connectivity index (χ2v) is 15.9. The van der Waals surface area contributed by atoms with Crippen molar-refractivity contribution in [3.05, 3.63) is 150 Å². The predicted octanol–water partition coefficient (Wildman–Crippen LogP) is 7.66. The first kappa shape index (κ1) is 27.9. The Morgan fingerprint density at radius 3 is 2.33 bits per heavy atom. The molecule has 3 heteroatoms. The topological polar surface area (TPSA) is 3.24 Å². The summed E-state index contributed by atoms with van der Waals surface area (Å²) in [6.45, 7) is 7.72. The fourth-order valence-electron chi connectivity index (χ4n) is 10.2. The Labute approximate surface area is 290 Å².